The Morgan fingerprint density at radius 3 is 2.49 bits per heavy atom. The maximum absolute atomic E-state index is 14.2. The number of amides is 3. The van der Waals surface area contributed by atoms with Crippen molar-refractivity contribution in [2.75, 3.05) is 32.5 Å². The van der Waals surface area contributed by atoms with Gasteiger partial charge in [0.05, 0.1) is 18.7 Å². The van der Waals surface area contributed by atoms with Gasteiger partial charge in [0.2, 0.25) is 11.8 Å². The van der Waals surface area contributed by atoms with Crippen LogP contribution in [-0.4, -0.2) is 77.2 Å². The van der Waals surface area contributed by atoms with Crippen LogP contribution in [0.1, 0.15) is 110 Å². The van der Waals surface area contributed by atoms with Crippen LogP contribution in [0.4, 0.5) is 14.5 Å². The summed E-state index contributed by atoms with van der Waals surface area (Å²) in [6, 6.07) is 15.8. The number of benzene rings is 3. The molecule has 1 unspecified atom stereocenters. The van der Waals surface area contributed by atoms with Crippen LogP contribution in [0.3, 0.4) is 0 Å². The number of nitrogens with one attached hydrogen (secondary N) is 2. The lowest BCUT2D eigenvalue weighted by molar-refractivity contribution is -0.125. The number of aldehydes is 1. The fourth-order valence-corrected chi connectivity index (χ4v) is 8.54. The van der Waals surface area contributed by atoms with Crippen LogP contribution in [-0.2, 0) is 32.3 Å². The number of carbonyl (C=O) groups excluding carboxylic acids is 4. The second-order valence-electron chi connectivity index (χ2n) is 15.9. The number of unbranched alkanes of at least 4 members (excludes halogenated alkanes) is 5. The summed E-state index contributed by atoms with van der Waals surface area (Å²) < 4.78 is 42.6. The van der Waals surface area contributed by atoms with Crippen molar-refractivity contribution in [2.45, 2.75) is 108 Å². The summed E-state index contributed by atoms with van der Waals surface area (Å²) in [6.07, 6.45) is 9.23. The van der Waals surface area contributed by atoms with Gasteiger partial charge in [-0.15, -0.1) is 0 Å². The van der Waals surface area contributed by atoms with Crippen molar-refractivity contribution in [1.29, 1.82) is 0 Å². The third kappa shape index (κ3) is 11.1. The van der Waals surface area contributed by atoms with Crippen molar-refractivity contribution in [2.24, 2.45) is 5.73 Å². The van der Waals surface area contributed by atoms with Crippen molar-refractivity contribution in [3.63, 3.8) is 0 Å². The van der Waals surface area contributed by atoms with E-state index in [-0.39, 0.29) is 62.6 Å². The number of anilines is 1. The van der Waals surface area contributed by atoms with Crippen LogP contribution < -0.4 is 26.8 Å². The van der Waals surface area contributed by atoms with Gasteiger partial charge in [0.1, 0.15) is 23.1 Å². The molecule has 1 aliphatic carbocycles. The summed E-state index contributed by atoms with van der Waals surface area (Å²) in [7, 11) is 1.49. The first-order valence-corrected chi connectivity index (χ1v) is 21.6. The van der Waals surface area contributed by atoms with Crippen molar-refractivity contribution in [1.82, 2.24) is 20.1 Å². The molecule has 1 fully saturated rings. The van der Waals surface area contributed by atoms with Crippen molar-refractivity contribution >= 4 is 57.8 Å². The number of nitrogens with zero attached hydrogens (tertiary/aromatic N) is 2. The van der Waals surface area contributed by atoms with E-state index in [1.54, 1.807) is 18.2 Å². The number of nitrogen functional groups attached to an aromatic ring is 1. The van der Waals surface area contributed by atoms with E-state index in [1.807, 2.05) is 36.4 Å². The SMILES string of the molecule is CNC(=O)C(CCC=O)N1Cc2c(OCC(=O)NCCCCCCCCOCc3c(N)ccc4c(-c5cccc(C(N)=S)c5)cn(C5CCC(F)(F)CC5)c34)cccc2C1=O. The van der Waals surface area contributed by atoms with E-state index >= 15 is 0 Å². The molecule has 326 valence electrons. The maximum atomic E-state index is 14.2. The van der Waals surface area contributed by atoms with Crippen molar-refractivity contribution in [3.05, 3.63) is 83.0 Å². The van der Waals surface area contributed by atoms with Gasteiger partial charge in [-0.3, -0.25) is 14.4 Å². The molecule has 2 aliphatic rings. The lowest BCUT2D eigenvalue weighted by Gasteiger charge is -2.30. The molecular formula is C46H56F2N6O6S. The molecule has 15 heteroatoms. The Labute approximate surface area is 360 Å². The normalized spacial score (nSPS) is 15.4. The predicted octanol–water partition coefficient (Wildman–Crippen LogP) is 7.38. The molecule has 6 rings (SSSR count). The Hall–Kier alpha value is -5.41. The van der Waals surface area contributed by atoms with E-state index in [0.717, 1.165) is 78.0 Å². The molecule has 3 aromatic carbocycles. The molecule has 61 heavy (non-hydrogen) atoms. The topological polar surface area (TPSA) is 171 Å². The molecule has 3 amide bonds. The van der Waals surface area contributed by atoms with Crippen molar-refractivity contribution in [3.8, 4) is 16.9 Å². The first kappa shape index (κ1) is 45.1. The lowest BCUT2D eigenvalue weighted by atomic mass is 9.92. The van der Waals surface area contributed by atoms with Crippen LogP contribution >= 0.6 is 12.2 Å². The van der Waals surface area contributed by atoms with Gasteiger partial charge in [-0.1, -0.05) is 68.2 Å². The number of hydrogen-bond acceptors (Lipinski definition) is 8. The molecule has 0 spiro atoms. The highest BCUT2D eigenvalue weighted by molar-refractivity contribution is 7.80. The number of aromatic nitrogens is 1. The number of rotatable bonds is 22. The van der Waals surface area contributed by atoms with Crippen LogP contribution in [0.2, 0.25) is 0 Å². The highest BCUT2D eigenvalue weighted by Gasteiger charge is 2.38. The molecule has 1 aliphatic heterocycles. The summed E-state index contributed by atoms with van der Waals surface area (Å²) in [6.45, 7) is 1.30. The number of halogens is 2. The Morgan fingerprint density at radius 2 is 1.75 bits per heavy atom. The van der Waals surface area contributed by atoms with Gasteiger partial charge in [-0.2, -0.15) is 0 Å². The number of carbonyl (C=O) groups is 4. The Bertz CT molecular complexity index is 2220. The van der Waals surface area contributed by atoms with Gasteiger partial charge in [0, 0.05) is 90.6 Å². The van der Waals surface area contributed by atoms with Gasteiger partial charge < -0.3 is 45.8 Å². The molecule has 0 saturated heterocycles. The average molecular weight is 859 g/mol. The Kier molecular flexibility index (Phi) is 15.5. The average Bonchev–Trinajstić information content (AvgIpc) is 3.80. The largest absolute Gasteiger partial charge is 0.483 e. The number of hydrogen-bond donors (Lipinski definition) is 4. The number of alkyl halides is 2. The summed E-state index contributed by atoms with van der Waals surface area (Å²) in [5.74, 6) is -3.17. The first-order chi connectivity index (χ1) is 29.4. The van der Waals surface area contributed by atoms with E-state index < -0.39 is 12.0 Å². The second-order valence-corrected chi connectivity index (χ2v) is 16.4. The maximum Gasteiger partial charge on any atom is 0.257 e. The molecule has 1 saturated carbocycles. The number of ether oxygens (including phenoxy) is 2. The number of fused-ring (bicyclic) bond motifs is 2. The molecule has 2 heterocycles. The monoisotopic (exact) mass is 858 g/mol. The fraction of sp³-hybridized carbons (Fsp3) is 0.457. The van der Waals surface area contributed by atoms with E-state index in [0.29, 0.717) is 60.2 Å². The van der Waals surface area contributed by atoms with E-state index in [9.17, 15) is 28.0 Å². The van der Waals surface area contributed by atoms with Gasteiger partial charge in [0.15, 0.2) is 6.61 Å². The number of thiocarbonyl (C=S) groups is 1. The zero-order chi connectivity index (χ0) is 43.5. The molecule has 1 atom stereocenters. The fourth-order valence-electron chi connectivity index (χ4n) is 8.42. The predicted molar refractivity (Wildman–Crippen MR) is 235 cm³/mol. The van der Waals surface area contributed by atoms with Gasteiger partial charge >= 0.3 is 0 Å². The molecule has 6 N–H and O–H groups in total. The summed E-state index contributed by atoms with van der Waals surface area (Å²) in [5.41, 5.74) is 18.6. The third-order valence-corrected chi connectivity index (χ3v) is 12.0. The lowest BCUT2D eigenvalue weighted by Crippen LogP contribution is -2.46. The number of nitrogens with two attached hydrogens (primary N) is 2. The molecule has 4 aromatic rings. The standard InChI is InChI=1S/C46H56F2N6O6S/c1-51-44(57)39(14-10-23-55)54-27-36-34(45(54)58)13-9-15-40(36)60-29-41(56)52-22-6-4-2-3-5-7-24-59-28-37-38(49)17-16-33-35(30-11-8-12-31(25-30)43(50)61)26-53(42(33)37)32-18-20-46(47,48)21-19-32/h8-9,11-13,15-17,23,25-26,32,39H,2-7,10,14,18-22,24,27-29,49H2,1H3,(H2,50,61)(H,51,57)(H,52,56). The zero-order valence-electron chi connectivity index (χ0n) is 34.7. The van der Waals surface area contributed by atoms with E-state index in [4.69, 9.17) is 33.2 Å². The molecule has 0 bridgehead atoms. The summed E-state index contributed by atoms with van der Waals surface area (Å²) >= 11 is 5.24. The van der Waals surface area contributed by atoms with Crippen molar-refractivity contribution < 1.29 is 37.4 Å². The third-order valence-electron chi connectivity index (χ3n) is 11.8. The van der Waals surface area contributed by atoms with Gasteiger partial charge in [-0.05, 0) is 61.9 Å². The van der Waals surface area contributed by atoms with Gasteiger partial charge in [0.25, 0.3) is 11.8 Å². The summed E-state index contributed by atoms with van der Waals surface area (Å²) in [5, 5.41) is 6.44. The Balaban J connectivity index is 0.926. The zero-order valence-corrected chi connectivity index (χ0v) is 35.5. The van der Waals surface area contributed by atoms with Crippen LogP contribution in [0.5, 0.6) is 5.75 Å². The van der Waals surface area contributed by atoms with Crippen LogP contribution in [0, 0.1) is 0 Å². The first-order valence-electron chi connectivity index (χ1n) is 21.2. The second kappa shape index (κ2) is 20.9. The Morgan fingerprint density at radius 1 is 1.02 bits per heavy atom. The molecular weight excluding hydrogens is 803 g/mol. The minimum Gasteiger partial charge on any atom is -0.483 e. The molecule has 0 radical (unpaired) electrons. The van der Waals surface area contributed by atoms with Crippen LogP contribution in [0.25, 0.3) is 22.0 Å². The minimum absolute atomic E-state index is 0.0925. The smallest absolute Gasteiger partial charge is 0.257 e. The molecule has 1 aromatic heterocycles. The number of likely N-dealkylation sites (N-methyl/N-ethyl adjacent to an activating group) is 1. The summed E-state index contributed by atoms with van der Waals surface area (Å²) in [4.78, 5) is 51.0. The highest BCUT2D eigenvalue weighted by Crippen LogP contribution is 2.43. The minimum atomic E-state index is -2.65. The van der Waals surface area contributed by atoms with Crippen LogP contribution in [0.15, 0.2) is 60.8 Å². The van der Waals surface area contributed by atoms with E-state index in [2.05, 4.69) is 21.4 Å². The quantitative estimate of drug-likeness (QED) is 0.0273. The molecule has 12 nitrogen and oxygen atoms in total. The van der Waals surface area contributed by atoms with Gasteiger partial charge in [-0.25, -0.2) is 8.78 Å². The van der Waals surface area contributed by atoms with E-state index in [1.165, 1.54) is 11.9 Å². The highest BCUT2D eigenvalue weighted by atomic mass is 32.1.